The highest BCUT2D eigenvalue weighted by molar-refractivity contribution is 5.71. The summed E-state index contributed by atoms with van der Waals surface area (Å²) in [6, 6.07) is 33.8. The molecule has 4 aromatic rings. The van der Waals surface area contributed by atoms with Crippen molar-refractivity contribution in [2.45, 2.75) is 13.8 Å². The Bertz CT molecular complexity index is 1170. The van der Waals surface area contributed by atoms with E-state index in [2.05, 4.69) is 147 Å². The molecule has 0 bridgehead atoms. The van der Waals surface area contributed by atoms with Crippen molar-refractivity contribution >= 4 is 24.3 Å². The van der Waals surface area contributed by atoms with Gasteiger partial charge in [-0.05, 0) is 60.4 Å². The topological polar surface area (TPSA) is 0 Å². The normalized spacial score (nSPS) is 10.9. The van der Waals surface area contributed by atoms with Gasteiger partial charge in [0.2, 0.25) is 0 Å². The average molecular weight is 411 g/mol. The lowest BCUT2D eigenvalue weighted by molar-refractivity contribution is 1.46. The van der Waals surface area contributed by atoms with Crippen LogP contribution in [0.3, 0.4) is 0 Å². The van der Waals surface area contributed by atoms with Gasteiger partial charge in [0.25, 0.3) is 0 Å². The summed E-state index contributed by atoms with van der Waals surface area (Å²) in [5.74, 6) is 6.52. The van der Waals surface area contributed by atoms with Crippen LogP contribution in [-0.2, 0) is 0 Å². The molecule has 0 saturated carbocycles. The molecule has 0 saturated heterocycles. The highest BCUT2D eigenvalue weighted by Gasteiger charge is 1.93. The maximum Gasteiger partial charge on any atom is 0.0249 e. The van der Waals surface area contributed by atoms with Crippen molar-refractivity contribution < 1.29 is 0 Å². The molecule has 0 unspecified atom stereocenters. The van der Waals surface area contributed by atoms with E-state index in [-0.39, 0.29) is 0 Å². The lowest BCUT2D eigenvalue weighted by Crippen LogP contribution is -1.79. The summed E-state index contributed by atoms with van der Waals surface area (Å²) in [5.41, 5.74) is 9.33. The fourth-order valence-electron chi connectivity index (χ4n) is 3.24. The number of hydrogen-bond donors (Lipinski definition) is 0. The van der Waals surface area contributed by atoms with E-state index in [0.717, 1.165) is 11.1 Å². The Balaban J connectivity index is 1.37. The Morgan fingerprint density at radius 1 is 0.375 bits per heavy atom. The first-order valence-electron chi connectivity index (χ1n) is 10.9. The van der Waals surface area contributed by atoms with Gasteiger partial charge in [-0.25, -0.2) is 0 Å². The van der Waals surface area contributed by atoms with Crippen LogP contribution in [-0.4, -0.2) is 0 Å². The Morgan fingerprint density at radius 3 is 0.906 bits per heavy atom. The lowest BCUT2D eigenvalue weighted by Gasteiger charge is -1.97. The average Bonchev–Trinajstić information content (AvgIpc) is 2.83. The summed E-state index contributed by atoms with van der Waals surface area (Å²) >= 11 is 0. The van der Waals surface area contributed by atoms with E-state index in [1.165, 1.54) is 33.4 Å². The van der Waals surface area contributed by atoms with Gasteiger partial charge < -0.3 is 0 Å². The molecular formula is C32H26. The van der Waals surface area contributed by atoms with E-state index in [0.29, 0.717) is 0 Å². The Kier molecular flexibility index (Phi) is 6.81. The van der Waals surface area contributed by atoms with Gasteiger partial charge in [-0.1, -0.05) is 120 Å². The molecule has 0 aromatic heterocycles. The highest BCUT2D eigenvalue weighted by atomic mass is 14.0. The zero-order chi connectivity index (χ0) is 22.2. The highest BCUT2D eigenvalue weighted by Crippen LogP contribution is 2.12. The second-order valence-corrected chi connectivity index (χ2v) is 7.98. The van der Waals surface area contributed by atoms with Gasteiger partial charge in [-0.2, -0.15) is 0 Å². The Hall–Kier alpha value is -4.08. The molecule has 0 aliphatic carbocycles. The second-order valence-electron chi connectivity index (χ2n) is 7.98. The molecule has 4 aromatic carbocycles. The van der Waals surface area contributed by atoms with E-state index in [9.17, 15) is 0 Å². The minimum atomic E-state index is 1.01. The first-order valence-corrected chi connectivity index (χ1v) is 10.9. The standard InChI is InChI=1S/C32H26/c1-25-3-7-27(8-4-25)11-13-29-15-19-31(20-16-29)23-24-32-21-17-30(18-22-32)14-12-28-9-5-26(2)6-10-28/h3-22H,1-2H3. The monoisotopic (exact) mass is 410 g/mol. The molecule has 0 aliphatic rings. The van der Waals surface area contributed by atoms with E-state index >= 15 is 0 Å². The van der Waals surface area contributed by atoms with Crippen molar-refractivity contribution in [3.8, 4) is 11.8 Å². The molecular weight excluding hydrogens is 384 g/mol. The third kappa shape index (κ3) is 6.21. The number of aryl methyl sites for hydroxylation is 2. The summed E-state index contributed by atoms with van der Waals surface area (Å²) in [4.78, 5) is 0. The number of hydrogen-bond acceptors (Lipinski definition) is 0. The maximum atomic E-state index is 3.26. The molecule has 0 amide bonds. The first kappa shape index (κ1) is 21.2. The molecule has 0 fully saturated rings. The predicted octanol–water partition coefficient (Wildman–Crippen LogP) is 8.04. The number of benzene rings is 4. The number of rotatable bonds is 4. The van der Waals surface area contributed by atoms with Crippen molar-refractivity contribution in [2.75, 3.05) is 0 Å². The second kappa shape index (κ2) is 10.3. The largest absolute Gasteiger partial charge is 0.0617 e. The van der Waals surface area contributed by atoms with Crippen LogP contribution in [0.1, 0.15) is 44.5 Å². The van der Waals surface area contributed by atoms with Crippen LogP contribution >= 0.6 is 0 Å². The van der Waals surface area contributed by atoms with Gasteiger partial charge in [-0.15, -0.1) is 0 Å². The molecule has 0 atom stereocenters. The first-order chi connectivity index (χ1) is 15.6. The van der Waals surface area contributed by atoms with Crippen LogP contribution in [0.4, 0.5) is 0 Å². The summed E-state index contributed by atoms with van der Waals surface area (Å²) < 4.78 is 0. The van der Waals surface area contributed by atoms with Crippen molar-refractivity contribution in [3.63, 3.8) is 0 Å². The minimum absolute atomic E-state index is 1.01. The van der Waals surface area contributed by atoms with Crippen molar-refractivity contribution in [2.24, 2.45) is 0 Å². The van der Waals surface area contributed by atoms with Crippen LogP contribution in [0.25, 0.3) is 24.3 Å². The van der Waals surface area contributed by atoms with Crippen molar-refractivity contribution in [1.82, 2.24) is 0 Å². The molecule has 0 heteroatoms. The summed E-state index contributed by atoms with van der Waals surface area (Å²) in [6.45, 7) is 4.21. The zero-order valence-corrected chi connectivity index (χ0v) is 18.5. The Labute approximate surface area is 191 Å². The van der Waals surface area contributed by atoms with Gasteiger partial charge in [0.15, 0.2) is 0 Å². The zero-order valence-electron chi connectivity index (χ0n) is 18.5. The van der Waals surface area contributed by atoms with Gasteiger partial charge >= 0.3 is 0 Å². The van der Waals surface area contributed by atoms with Crippen molar-refractivity contribution in [1.29, 1.82) is 0 Å². The Morgan fingerprint density at radius 2 is 0.625 bits per heavy atom. The van der Waals surface area contributed by atoms with E-state index in [1.54, 1.807) is 0 Å². The van der Waals surface area contributed by atoms with Gasteiger partial charge in [0.1, 0.15) is 0 Å². The molecule has 4 rings (SSSR count). The molecule has 32 heavy (non-hydrogen) atoms. The lowest BCUT2D eigenvalue weighted by atomic mass is 10.1. The third-order valence-corrected chi connectivity index (χ3v) is 5.26. The van der Waals surface area contributed by atoms with Crippen LogP contribution in [0.2, 0.25) is 0 Å². The van der Waals surface area contributed by atoms with E-state index in [4.69, 9.17) is 0 Å². The van der Waals surface area contributed by atoms with Crippen LogP contribution < -0.4 is 0 Å². The van der Waals surface area contributed by atoms with Gasteiger partial charge in [0.05, 0.1) is 0 Å². The fourth-order valence-corrected chi connectivity index (χ4v) is 3.24. The molecule has 0 radical (unpaired) electrons. The molecule has 0 aliphatic heterocycles. The third-order valence-electron chi connectivity index (χ3n) is 5.26. The maximum absolute atomic E-state index is 3.26. The van der Waals surface area contributed by atoms with E-state index < -0.39 is 0 Å². The van der Waals surface area contributed by atoms with Gasteiger partial charge in [0, 0.05) is 11.1 Å². The fraction of sp³-hybridized carbons (Fsp3) is 0.0625. The summed E-state index contributed by atoms with van der Waals surface area (Å²) in [5, 5.41) is 0. The van der Waals surface area contributed by atoms with Crippen molar-refractivity contribution in [3.05, 3.63) is 142 Å². The smallest absolute Gasteiger partial charge is 0.0249 e. The summed E-state index contributed by atoms with van der Waals surface area (Å²) in [6.07, 6.45) is 8.53. The van der Waals surface area contributed by atoms with Crippen LogP contribution in [0.5, 0.6) is 0 Å². The van der Waals surface area contributed by atoms with Crippen LogP contribution in [0.15, 0.2) is 97.1 Å². The van der Waals surface area contributed by atoms with Gasteiger partial charge in [-0.3, -0.25) is 0 Å². The summed E-state index contributed by atoms with van der Waals surface area (Å²) in [7, 11) is 0. The minimum Gasteiger partial charge on any atom is -0.0617 e. The van der Waals surface area contributed by atoms with E-state index in [1.807, 2.05) is 0 Å². The van der Waals surface area contributed by atoms with Crippen LogP contribution in [0, 0.1) is 25.7 Å². The molecule has 0 N–H and O–H groups in total. The predicted molar refractivity (Wildman–Crippen MR) is 139 cm³/mol. The molecule has 0 heterocycles. The molecule has 0 nitrogen and oxygen atoms in total. The SMILES string of the molecule is Cc1ccc(C=Cc2ccc(C#Cc3ccc(C=Cc4ccc(C)cc4)cc3)cc2)cc1. The molecule has 0 spiro atoms. The quantitative estimate of drug-likeness (QED) is 0.236. The molecule has 154 valence electrons.